The van der Waals surface area contributed by atoms with E-state index < -0.39 is 28.0 Å². The molecule has 2 unspecified atom stereocenters. The second-order valence-corrected chi connectivity index (χ2v) is 12.6. The molecule has 0 aromatic rings. The molecular formula is C32H61NO5S. The number of aliphatic hydroxyl groups is 1. The van der Waals surface area contributed by atoms with Gasteiger partial charge in [-0.15, -0.1) is 0 Å². The van der Waals surface area contributed by atoms with E-state index in [2.05, 4.69) is 31.3 Å². The van der Waals surface area contributed by atoms with Gasteiger partial charge in [-0.05, 0) is 32.1 Å². The maximum Gasteiger partial charge on any atom is 0.267 e. The van der Waals surface area contributed by atoms with Gasteiger partial charge in [0.25, 0.3) is 10.1 Å². The van der Waals surface area contributed by atoms with Gasteiger partial charge in [-0.1, -0.05) is 141 Å². The van der Waals surface area contributed by atoms with Gasteiger partial charge in [-0.2, -0.15) is 8.42 Å². The first-order valence-corrected chi connectivity index (χ1v) is 17.6. The molecule has 0 aliphatic rings. The first-order chi connectivity index (χ1) is 18.8. The topological polar surface area (TPSA) is 104 Å². The maximum atomic E-state index is 12.3. The summed E-state index contributed by atoms with van der Waals surface area (Å²) in [7, 11) is -4.34. The summed E-state index contributed by atoms with van der Waals surface area (Å²) in [5, 5.41) is 13.1. The Morgan fingerprint density at radius 1 is 0.667 bits per heavy atom. The van der Waals surface area contributed by atoms with E-state index in [1.165, 1.54) is 102 Å². The monoisotopic (exact) mass is 571 g/mol. The molecule has 0 fully saturated rings. The zero-order valence-electron chi connectivity index (χ0n) is 25.3. The summed E-state index contributed by atoms with van der Waals surface area (Å²) in [4.78, 5) is 12.3. The Bertz CT molecular complexity index is 720. The summed E-state index contributed by atoms with van der Waals surface area (Å²) < 4.78 is 32.2. The van der Waals surface area contributed by atoms with Gasteiger partial charge in [0.15, 0.2) is 0 Å². The Morgan fingerprint density at radius 2 is 1.10 bits per heavy atom. The second-order valence-electron chi connectivity index (χ2n) is 11.1. The van der Waals surface area contributed by atoms with Crippen molar-refractivity contribution >= 4 is 16.0 Å². The van der Waals surface area contributed by atoms with Crippen LogP contribution in [0.2, 0.25) is 0 Å². The van der Waals surface area contributed by atoms with E-state index in [0.29, 0.717) is 6.42 Å². The first-order valence-electron chi connectivity index (χ1n) is 16.0. The third-order valence-electron chi connectivity index (χ3n) is 7.13. The smallest absolute Gasteiger partial charge is 0.267 e. The van der Waals surface area contributed by atoms with Crippen LogP contribution in [0.15, 0.2) is 24.3 Å². The van der Waals surface area contributed by atoms with Crippen molar-refractivity contribution in [2.45, 2.75) is 167 Å². The van der Waals surface area contributed by atoms with E-state index in [4.69, 9.17) is 0 Å². The number of allylic oxidation sites excluding steroid dienone is 3. The van der Waals surface area contributed by atoms with E-state index in [1.807, 2.05) is 0 Å². The van der Waals surface area contributed by atoms with Gasteiger partial charge in [0.05, 0.1) is 17.9 Å². The third kappa shape index (κ3) is 28.2. The summed E-state index contributed by atoms with van der Waals surface area (Å²) in [5.74, 6) is -1.000. The highest BCUT2D eigenvalue weighted by molar-refractivity contribution is 7.85. The molecule has 0 saturated carbocycles. The highest BCUT2D eigenvalue weighted by Gasteiger charge is 2.24. The Labute approximate surface area is 241 Å². The van der Waals surface area contributed by atoms with E-state index >= 15 is 0 Å². The Morgan fingerprint density at radius 3 is 1.62 bits per heavy atom. The molecule has 3 N–H and O–H groups in total. The van der Waals surface area contributed by atoms with Crippen molar-refractivity contribution in [3.05, 3.63) is 24.3 Å². The summed E-state index contributed by atoms with van der Waals surface area (Å²) in [6.07, 6.45) is 31.6. The lowest BCUT2D eigenvalue weighted by Crippen LogP contribution is -2.46. The molecule has 0 aliphatic carbocycles. The van der Waals surface area contributed by atoms with Gasteiger partial charge in [0.2, 0.25) is 5.91 Å². The zero-order valence-corrected chi connectivity index (χ0v) is 26.1. The van der Waals surface area contributed by atoms with Crippen molar-refractivity contribution in [3.8, 4) is 0 Å². The highest BCUT2D eigenvalue weighted by Crippen LogP contribution is 2.12. The predicted octanol–water partition coefficient (Wildman–Crippen LogP) is 8.45. The van der Waals surface area contributed by atoms with Crippen LogP contribution in [0.4, 0.5) is 0 Å². The summed E-state index contributed by atoms with van der Waals surface area (Å²) >= 11 is 0. The van der Waals surface area contributed by atoms with Crippen molar-refractivity contribution in [1.82, 2.24) is 5.32 Å². The molecule has 0 aliphatic heterocycles. The standard InChI is InChI=1S/C32H61NO5S/c1-3-5-7-9-11-13-15-16-17-18-19-21-23-25-27-31(34)30(29-39(36,37)38)33-32(35)28-26-24-22-20-14-12-10-8-6-4-2/h18-19,25,27,30-31,34H,3-17,20-24,26,28-29H2,1-2H3,(H,33,35)(H,36,37,38)/b19-18+,27-25+. The molecule has 0 aromatic heterocycles. The molecule has 1 amide bonds. The largest absolute Gasteiger partial charge is 0.387 e. The van der Waals surface area contributed by atoms with Crippen LogP contribution in [0, 0.1) is 0 Å². The number of amides is 1. The van der Waals surface area contributed by atoms with Crippen molar-refractivity contribution in [2.24, 2.45) is 0 Å². The van der Waals surface area contributed by atoms with Crippen LogP contribution in [0.25, 0.3) is 0 Å². The molecular weight excluding hydrogens is 510 g/mol. The fraction of sp³-hybridized carbons (Fsp3) is 0.844. The Balaban J connectivity index is 4.13. The minimum Gasteiger partial charge on any atom is -0.387 e. The lowest BCUT2D eigenvalue weighted by atomic mass is 10.1. The Hall–Kier alpha value is -1.18. The maximum absolute atomic E-state index is 12.3. The summed E-state index contributed by atoms with van der Waals surface area (Å²) in [6, 6.07) is -1.07. The average Bonchev–Trinajstić information content (AvgIpc) is 2.88. The van der Waals surface area contributed by atoms with Crippen molar-refractivity contribution in [1.29, 1.82) is 0 Å². The van der Waals surface area contributed by atoms with Crippen LogP contribution in [0.1, 0.15) is 155 Å². The van der Waals surface area contributed by atoms with Crippen LogP contribution in [-0.2, 0) is 14.9 Å². The number of hydrogen-bond donors (Lipinski definition) is 3. The minimum atomic E-state index is -4.34. The number of hydrogen-bond acceptors (Lipinski definition) is 4. The highest BCUT2D eigenvalue weighted by atomic mass is 32.2. The summed E-state index contributed by atoms with van der Waals surface area (Å²) in [6.45, 7) is 4.46. The van der Waals surface area contributed by atoms with Crippen molar-refractivity contribution < 1.29 is 22.9 Å². The van der Waals surface area contributed by atoms with Gasteiger partial charge in [-0.25, -0.2) is 0 Å². The molecule has 7 heteroatoms. The SMILES string of the molecule is CCCCCCCCCC/C=C/CC/C=C/C(O)C(CS(=O)(=O)O)NC(=O)CCCCCCCCCCCC. The minimum absolute atomic E-state index is 0.290. The van der Waals surface area contributed by atoms with Crippen LogP contribution < -0.4 is 5.32 Å². The molecule has 0 radical (unpaired) electrons. The quantitative estimate of drug-likeness (QED) is 0.0496. The van der Waals surface area contributed by atoms with Gasteiger partial charge in [0.1, 0.15) is 0 Å². The second kappa shape index (κ2) is 27.0. The molecule has 0 saturated heterocycles. The van der Waals surface area contributed by atoms with E-state index in [9.17, 15) is 22.9 Å². The molecule has 2 atom stereocenters. The molecule has 39 heavy (non-hydrogen) atoms. The average molecular weight is 572 g/mol. The fourth-order valence-electron chi connectivity index (χ4n) is 4.70. The van der Waals surface area contributed by atoms with Gasteiger partial charge < -0.3 is 10.4 Å². The van der Waals surface area contributed by atoms with E-state index in [0.717, 1.165) is 38.5 Å². The number of carbonyl (C=O) groups excluding carboxylic acids is 1. The number of carbonyl (C=O) groups is 1. The lowest BCUT2D eigenvalue weighted by molar-refractivity contribution is -0.122. The van der Waals surface area contributed by atoms with Gasteiger partial charge in [-0.3, -0.25) is 9.35 Å². The van der Waals surface area contributed by atoms with E-state index in [-0.39, 0.29) is 5.91 Å². The normalized spacial score (nSPS) is 13.8. The van der Waals surface area contributed by atoms with Crippen molar-refractivity contribution in [2.75, 3.05) is 5.75 Å². The molecule has 0 spiro atoms. The van der Waals surface area contributed by atoms with Crippen LogP contribution in [0.3, 0.4) is 0 Å². The van der Waals surface area contributed by atoms with Crippen LogP contribution >= 0.6 is 0 Å². The predicted molar refractivity (Wildman–Crippen MR) is 166 cm³/mol. The van der Waals surface area contributed by atoms with Crippen LogP contribution in [-0.4, -0.2) is 41.9 Å². The fourth-order valence-corrected chi connectivity index (χ4v) is 5.43. The van der Waals surface area contributed by atoms with Gasteiger partial charge >= 0.3 is 0 Å². The molecule has 230 valence electrons. The Kier molecular flexibility index (Phi) is 26.2. The third-order valence-corrected chi connectivity index (χ3v) is 7.91. The first kappa shape index (κ1) is 37.8. The molecule has 0 rings (SSSR count). The number of unbranched alkanes of at least 4 members (excludes halogenated alkanes) is 18. The van der Waals surface area contributed by atoms with E-state index in [1.54, 1.807) is 6.08 Å². The number of nitrogens with one attached hydrogen (secondary N) is 1. The zero-order chi connectivity index (χ0) is 29.0. The van der Waals surface area contributed by atoms with Gasteiger partial charge in [0, 0.05) is 6.42 Å². The number of aliphatic hydroxyl groups excluding tert-OH is 1. The molecule has 0 bridgehead atoms. The van der Waals surface area contributed by atoms with Crippen LogP contribution in [0.5, 0.6) is 0 Å². The molecule has 0 aromatic carbocycles. The van der Waals surface area contributed by atoms with Crippen molar-refractivity contribution in [3.63, 3.8) is 0 Å². The number of rotatable bonds is 28. The molecule has 6 nitrogen and oxygen atoms in total. The molecule has 0 heterocycles. The lowest BCUT2D eigenvalue weighted by Gasteiger charge is -2.21. The summed E-state index contributed by atoms with van der Waals surface area (Å²) in [5.41, 5.74) is 0.